The standard InChI is InChI=1S/C24H17N3O6/c1-31-20-12-10-18(11-13-20)25-15-21-24(32-22(26-21)16-6-3-2-4-7-16)33-23(28)17-8-5-9-19(14-17)27(29)30/h2-15H,1H3. The maximum Gasteiger partial charge on any atom is 0.346 e. The molecule has 0 aliphatic rings. The van der Waals surface area contributed by atoms with Crippen LogP contribution in [0.2, 0.25) is 0 Å². The van der Waals surface area contributed by atoms with Crippen molar-refractivity contribution in [2.45, 2.75) is 0 Å². The predicted octanol–water partition coefficient (Wildman–Crippen LogP) is 5.23. The van der Waals surface area contributed by atoms with Gasteiger partial charge in [-0.15, -0.1) is 0 Å². The van der Waals surface area contributed by atoms with Crippen molar-refractivity contribution in [2.24, 2.45) is 4.99 Å². The highest BCUT2D eigenvalue weighted by atomic mass is 16.6. The van der Waals surface area contributed by atoms with Crippen molar-refractivity contribution in [1.29, 1.82) is 0 Å². The van der Waals surface area contributed by atoms with Crippen LogP contribution in [0.25, 0.3) is 11.5 Å². The number of aliphatic imine (C=N–C) groups is 1. The third-order valence-electron chi connectivity index (χ3n) is 4.53. The summed E-state index contributed by atoms with van der Waals surface area (Å²) in [5.74, 6) is -0.0851. The van der Waals surface area contributed by atoms with E-state index < -0.39 is 10.9 Å². The van der Waals surface area contributed by atoms with E-state index in [0.717, 1.165) is 6.07 Å². The van der Waals surface area contributed by atoms with Gasteiger partial charge in [0.25, 0.3) is 5.69 Å². The van der Waals surface area contributed by atoms with Crippen LogP contribution in [0.5, 0.6) is 11.7 Å². The first kappa shape index (κ1) is 21.4. The number of esters is 1. The second kappa shape index (κ2) is 9.56. The summed E-state index contributed by atoms with van der Waals surface area (Å²) < 4.78 is 16.2. The van der Waals surface area contributed by atoms with Crippen molar-refractivity contribution in [3.05, 3.63) is 100 Å². The SMILES string of the molecule is COc1ccc(N=Cc2nc(-c3ccccc3)oc2OC(=O)c2cccc([N+](=O)[O-])c2)cc1. The lowest BCUT2D eigenvalue weighted by molar-refractivity contribution is -0.384. The van der Waals surface area contributed by atoms with Gasteiger partial charge in [0.15, 0.2) is 5.69 Å². The number of nitro benzene ring substituents is 1. The van der Waals surface area contributed by atoms with E-state index in [-0.39, 0.29) is 28.8 Å². The smallest absolute Gasteiger partial charge is 0.346 e. The molecular formula is C24H17N3O6. The van der Waals surface area contributed by atoms with E-state index in [9.17, 15) is 14.9 Å². The molecule has 164 valence electrons. The maximum atomic E-state index is 12.6. The zero-order valence-corrected chi connectivity index (χ0v) is 17.4. The number of nitrogens with zero attached hydrogens (tertiary/aromatic N) is 3. The van der Waals surface area contributed by atoms with E-state index in [1.165, 1.54) is 24.4 Å². The van der Waals surface area contributed by atoms with E-state index in [1.807, 2.05) is 18.2 Å². The van der Waals surface area contributed by atoms with Crippen LogP contribution in [0.15, 0.2) is 88.3 Å². The van der Waals surface area contributed by atoms with E-state index in [1.54, 1.807) is 43.5 Å². The monoisotopic (exact) mass is 443 g/mol. The summed E-state index contributed by atoms with van der Waals surface area (Å²) >= 11 is 0. The molecule has 0 saturated carbocycles. The van der Waals surface area contributed by atoms with Crippen LogP contribution in [0.3, 0.4) is 0 Å². The summed E-state index contributed by atoms with van der Waals surface area (Å²) in [4.78, 5) is 31.8. The molecule has 0 radical (unpaired) electrons. The third kappa shape index (κ3) is 5.10. The number of nitro groups is 1. The van der Waals surface area contributed by atoms with Crippen LogP contribution in [-0.4, -0.2) is 29.2 Å². The third-order valence-corrected chi connectivity index (χ3v) is 4.53. The van der Waals surface area contributed by atoms with E-state index in [2.05, 4.69) is 9.98 Å². The normalized spacial score (nSPS) is 10.8. The fourth-order valence-electron chi connectivity index (χ4n) is 2.87. The molecule has 0 fully saturated rings. The Morgan fingerprint density at radius 1 is 1.06 bits per heavy atom. The van der Waals surface area contributed by atoms with Gasteiger partial charge < -0.3 is 13.9 Å². The minimum absolute atomic E-state index is 0.0000886. The number of aromatic nitrogens is 1. The Balaban J connectivity index is 1.65. The second-order valence-electron chi connectivity index (χ2n) is 6.71. The van der Waals surface area contributed by atoms with Crippen molar-refractivity contribution in [3.63, 3.8) is 0 Å². The Labute approximate surface area is 188 Å². The molecule has 4 rings (SSSR count). The number of carbonyl (C=O) groups excluding carboxylic acids is 1. The predicted molar refractivity (Wildman–Crippen MR) is 120 cm³/mol. The molecule has 33 heavy (non-hydrogen) atoms. The Hall–Kier alpha value is -4.79. The van der Waals surface area contributed by atoms with Crippen LogP contribution in [0.4, 0.5) is 11.4 Å². The van der Waals surface area contributed by atoms with Gasteiger partial charge in [-0.25, -0.2) is 9.78 Å². The van der Waals surface area contributed by atoms with Gasteiger partial charge >= 0.3 is 11.9 Å². The highest BCUT2D eigenvalue weighted by molar-refractivity contribution is 5.93. The van der Waals surface area contributed by atoms with Gasteiger partial charge in [0, 0.05) is 17.7 Å². The molecule has 0 amide bonds. The first-order chi connectivity index (χ1) is 16.0. The zero-order chi connectivity index (χ0) is 23.2. The molecule has 4 aromatic rings. The molecule has 0 spiro atoms. The summed E-state index contributed by atoms with van der Waals surface area (Å²) in [7, 11) is 1.57. The molecule has 0 atom stereocenters. The number of oxazole rings is 1. The molecule has 9 nitrogen and oxygen atoms in total. The summed E-state index contributed by atoms with van der Waals surface area (Å²) in [5, 5.41) is 11.0. The molecule has 0 aliphatic heterocycles. The van der Waals surface area contributed by atoms with E-state index >= 15 is 0 Å². The number of methoxy groups -OCH3 is 1. The van der Waals surface area contributed by atoms with Crippen LogP contribution < -0.4 is 9.47 Å². The minimum Gasteiger partial charge on any atom is -0.497 e. The average Bonchev–Trinajstić information content (AvgIpc) is 3.26. The number of benzene rings is 3. The lowest BCUT2D eigenvalue weighted by Crippen LogP contribution is -2.09. The lowest BCUT2D eigenvalue weighted by atomic mass is 10.2. The second-order valence-corrected chi connectivity index (χ2v) is 6.71. The lowest BCUT2D eigenvalue weighted by Gasteiger charge is -2.02. The molecule has 0 aliphatic carbocycles. The molecule has 0 bridgehead atoms. The number of carbonyl (C=O) groups is 1. The number of hydrogen-bond acceptors (Lipinski definition) is 8. The van der Waals surface area contributed by atoms with Crippen LogP contribution >= 0.6 is 0 Å². The average molecular weight is 443 g/mol. The van der Waals surface area contributed by atoms with E-state index in [4.69, 9.17) is 13.9 Å². The number of rotatable bonds is 7. The fraction of sp³-hybridized carbons (Fsp3) is 0.0417. The first-order valence-electron chi connectivity index (χ1n) is 9.74. The van der Waals surface area contributed by atoms with Crippen LogP contribution in [0, 0.1) is 10.1 Å². The van der Waals surface area contributed by atoms with Crippen LogP contribution in [0.1, 0.15) is 16.1 Å². The van der Waals surface area contributed by atoms with Gasteiger partial charge in [0.05, 0.1) is 29.5 Å². The maximum absolute atomic E-state index is 12.6. The molecule has 1 aromatic heterocycles. The van der Waals surface area contributed by atoms with Gasteiger partial charge in [0.1, 0.15) is 5.75 Å². The van der Waals surface area contributed by atoms with Crippen molar-refractivity contribution in [1.82, 2.24) is 4.98 Å². The molecule has 0 N–H and O–H groups in total. The molecule has 3 aromatic carbocycles. The number of non-ortho nitro benzene ring substituents is 1. The summed E-state index contributed by atoms with van der Waals surface area (Å²) in [6.07, 6.45) is 1.41. The summed E-state index contributed by atoms with van der Waals surface area (Å²) in [5.41, 5.74) is 1.25. The van der Waals surface area contributed by atoms with Crippen LogP contribution in [-0.2, 0) is 0 Å². The number of hydrogen-bond donors (Lipinski definition) is 0. The van der Waals surface area contributed by atoms with E-state index in [0.29, 0.717) is 17.0 Å². The molecular weight excluding hydrogens is 426 g/mol. The Morgan fingerprint density at radius 3 is 2.52 bits per heavy atom. The quantitative estimate of drug-likeness (QED) is 0.166. The molecule has 1 heterocycles. The largest absolute Gasteiger partial charge is 0.497 e. The van der Waals surface area contributed by atoms with Crippen molar-refractivity contribution in [2.75, 3.05) is 7.11 Å². The van der Waals surface area contributed by atoms with Crippen molar-refractivity contribution < 1.29 is 23.6 Å². The van der Waals surface area contributed by atoms with Gasteiger partial charge in [-0.05, 0) is 42.5 Å². The van der Waals surface area contributed by atoms with Gasteiger partial charge in [-0.1, -0.05) is 24.3 Å². The Kier molecular flexibility index (Phi) is 6.21. The van der Waals surface area contributed by atoms with Crippen molar-refractivity contribution in [3.8, 4) is 23.1 Å². The molecule has 0 saturated heterocycles. The Bertz CT molecular complexity index is 1310. The zero-order valence-electron chi connectivity index (χ0n) is 17.4. The van der Waals surface area contributed by atoms with Crippen molar-refractivity contribution >= 4 is 23.6 Å². The van der Waals surface area contributed by atoms with Gasteiger partial charge in [-0.3, -0.25) is 15.1 Å². The molecule has 9 heteroatoms. The molecule has 0 unspecified atom stereocenters. The summed E-state index contributed by atoms with van der Waals surface area (Å²) in [6.45, 7) is 0. The minimum atomic E-state index is -0.825. The topological polar surface area (TPSA) is 117 Å². The van der Waals surface area contributed by atoms with Gasteiger partial charge in [-0.2, -0.15) is 0 Å². The number of ether oxygens (including phenoxy) is 2. The summed E-state index contributed by atoms with van der Waals surface area (Å²) in [6, 6.07) is 21.3. The fourth-order valence-corrected chi connectivity index (χ4v) is 2.87. The Morgan fingerprint density at radius 2 is 1.82 bits per heavy atom. The van der Waals surface area contributed by atoms with Gasteiger partial charge in [0.2, 0.25) is 5.89 Å². The highest BCUT2D eigenvalue weighted by Crippen LogP contribution is 2.28. The first-order valence-corrected chi connectivity index (χ1v) is 9.74. The highest BCUT2D eigenvalue weighted by Gasteiger charge is 2.20.